The van der Waals surface area contributed by atoms with E-state index in [0.717, 1.165) is 44.3 Å². The first-order chi connectivity index (χ1) is 12.1. The van der Waals surface area contributed by atoms with Gasteiger partial charge in [-0.05, 0) is 66.6 Å². The molecule has 1 saturated heterocycles. The average Bonchev–Trinajstić information content (AvgIpc) is 3.00. The van der Waals surface area contributed by atoms with Crippen LogP contribution in [0.4, 0.5) is 0 Å². The molecule has 2 aliphatic rings. The molecule has 0 radical (unpaired) electrons. The molecule has 140 valence electrons. The first-order valence-corrected chi connectivity index (χ1v) is 10.5. The van der Waals surface area contributed by atoms with Gasteiger partial charge in [-0.15, -0.1) is 12.4 Å². The van der Waals surface area contributed by atoms with E-state index in [-0.39, 0.29) is 12.4 Å². The van der Waals surface area contributed by atoms with Gasteiger partial charge >= 0.3 is 0 Å². The van der Waals surface area contributed by atoms with Gasteiger partial charge in [0.25, 0.3) is 0 Å². The second-order valence-corrected chi connectivity index (χ2v) is 8.82. The van der Waals surface area contributed by atoms with Crippen molar-refractivity contribution in [1.29, 1.82) is 0 Å². The lowest BCUT2D eigenvalue weighted by Gasteiger charge is -2.20. The largest absolute Gasteiger partial charge is 0.315 e. The minimum absolute atomic E-state index is 0. The zero-order chi connectivity index (χ0) is 17.3. The third-order valence-electron chi connectivity index (χ3n) is 5.28. The Morgan fingerprint density at radius 2 is 1.58 bits per heavy atom. The van der Waals surface area contributed by atoms with Crippen molar-refractivity contribution in [2.45, 2.75) is 30.6 Å². The molecule has 0 aromatic heterocycles. The summed E-state index contributed by atoms with van der Waals surface area (Å²) in [5.74, 6) is 0. The van der Waals surface area contributed by atoms with Crippen molar-refractivity contribution >= 4 is 22.4 Å². The van der Waals surface area contributed by atoms with E-state index in [1.165, 1.54) is 16.7 Å². The number of fused-ring (bicyclic) bond motifs is 2. The first kappa shape index (κ1) is 19.4. The Morgan fingerprint density at radius 3 is 2.38 bits per heavy atom. The second-order valence-electron chi connectivity index (χ2n) is 6.88. The third-order valence-corrected chi connectivity index (χ3v) is 7.17. The molecule has 6 heteroatoms. The number of halogens is 1. The minimum atomic E-state index is -3.41. The van der Waals surface area contributed by atoms with E-state index in [0.29, 0.717) is 18.0 Å². The van der Waals surface area contributed by atoms with Crippen LogP contribution in [0.15, 0.2) is 47.4 Å². The van der Waals surface area contributed by atoms with Crippen molar-refractivity contribution in [1.82, 2.24) is 9.62 Å². The zero-order valence-corrected chi connectivity index (χ0v) is 16.4. The summed E-state index contributed by atoms with van der Waals surface area (Å²) in [5, 5.41) is 3.26. The van der Waals surface area contributed by atoms with Crippen molar-refractivity contribution in [2.75, 3.05) is 26.2 Å². The van der Waals surface area contributed by atoms with Crippen LogP contribution in [0.3, 0.4) is 0 Å². The molecule has 26 heavy (non-hydrogen) atoms. The minimum Gasteiger partial charge on any atom is -0.315 e. The molecule has 1 heterocycles. The number of hydrogen-bond acceptors (Lipinski definition) is 3. The van der Waals surface area contributed by atoms with Crippen LogP contribution in [-0.2, 0) is 29.3 Å². The number of hydrogen-bond donors (Lipinski definition) is 1. The van der Waals surface area contributed by atoms with Gasteiger partial charge in [0.15, 0.2) is 0 Å². The zero-order valence-electron chi connectivity index (χ0n) is 14.8. The highest BCUT2D eigenvalue weighted by molar-refractivity contribution is 7.89. The molecule has 1 fully saturated rings. The van der Waals surface area contributed by atoms with Gasteiger partial charge in [0.05, 0.1) is 4.90 Å². The van der Waals surface area contributed by atoms with Crippen LogP contribution < -0.4 is 5.32 Å². The topological polar surface area (TPSA) is 49.4 Å². The molecule has 0 bridgehead atoms. The van der Waals surface area contributed by atoms with Crippen LogP contribution in [0.25, 0.3) is 0 Å². The SMILES string of the molecule is Cl.O=S(=O)(c1ccc2c(c1)Cc1ccccc1CC2)N1CCCNCC1. The van der Waals surface area contributed by atoms with E-state index in [4.69, 9.17) is 0 Å². The van der Waals surface area contributed by atoms with Gasteiger partial charge in [-0.3, -0.25) is 0 Å². The number of nitrogens with one attached hydrogen (secondary N) is 1. The molecule has 0 spiro atoms. The smallest absolute Gasteiger partial charge is 0.243 e. The maximum absolute atomic E-state index is 13.1. The Morgan fingerprint density at radius 1 is 0.846 bits per heavy atom. The first-order valence-electron chi connectivity index (χ1n) is 9.04. The van der Waals surface area contributed by atoms with E-state index >= 15 is 0 Å². The third kappa shape index (κ3) is 3.81. The Balaban J connectivity index is 0.00000196. The summed E-state index contributed by atoms with van der Waals surface area (Å²) in [7, 11) is -3.41. The normalized spacial score (nSPS) is 18.0. The molecule has 0 amide bonds. The Kier molecular flexibility index (Phi) is 6.03. The fraction of sp³-hybridized carbons (Fsp3) is 0.400. The van der Waals surface area contributed by atoms with Crippen molar-refractivity contribution in [3.05, 3.63) is 64.7 Å². The predicted molar refractivity (Wildman–Crippen MR) is 107 cm³/mol. The highest BCUT2D eigenvalue weighted by Crippen LogP contribution is 2.27. The molecule has 4 nitrogen and oxygen atoms in total. The predicted octanol–water partition coefficient (Wildman–Crippen LogP) is 2.78. The fourth-order valence-corrected chi connectivity index (χ4v) is 5.36. The molecule has 1 aliphatic carbocycles. The fourth-order valence-electron chi connectivity index (χ4n) is 3.83. The number of sulfonamides is 1. The number of aryl methyl sites for hydroxylation is 2. The molecule has 2 aromatic rings. The van der Waals surface area contributed by atoms with Gasteiger partial charge in [-0.2, -0.15) is 4.31 Å². The number of nitrogens with zero attached hydrogens (tertiary/aromatic N) is 1. The van der Waals surface area contributed by atoms with E-state index in [9.17, 15) is 8.42 Å². The lowest BCUT2D eigenvalue weighted by Crippen LogP contribution is -2.34. The van der Waals surface area contributed by atoms with Crippen molar-refractivity contribution in [3.63, 3.8) is 0 Å². The van der Waals surface area contributed by atoms with Crippen molar-refractivity contribution in [2.24, 2.45) is 0 Å². The van der Waals surface area contributed by atoms with E-state index < -0.39 is 10.0 Å². The summed E-state index contributed by atoms with van der Waals surface area (Å²) in [6.07, 6.45) is 3.67. The lowest BCUT2D eigenvalue weighted by atomic mass is 10.0. The van der Waals surface area contributed by atoms with Gasteiger partial charge in [0.2, 0.25) is 10.0 Å². The van der Waals surface area contributed by atoms with Crippen LogP contribution in [0, 0.1) is 0 Å². The van der Waals surface area contributed by atoms with Gasteiger partial charge in [0.1, 0.15) is 0 Å². The van der Waals surface area contributed by atoms with Crippen LogP contribution in [0.1, 0.15) is 28.7 Å². The lowest BCUT2D eigenvalue weighted by molar-refractivity contribution is 0.432. The van der Waals surface area contributed by atoms with Gasteiger partial charge in [-0.1, -0.05) is 30.3 Å². The van der Waals surface area contributed by atoms with Crippen LogP contribution in [-0.4, -0.2) is 38.9 Å². The van der Waals surface area contributed by atoms with E-state index in [2.05, 4.69) is 29.6 Å². The summed E-state index contributed by atoms with van der Waals surface area (Å²) in [6, 6.07) is 14.2. The Labute approximate surface area is 162 Å². The van der Waals surface area contributed by atoms with E-state index in [1.807, 2.05) is 12.1 Å². The molecule has 2 aromatic carbocycles. The highest BCUT2D eigenvalue weighted by Gasteiger charge is 2.26. The Bertz CT molecular complexity index is 875. The molecule has 1 N–H and O–H groups in total. The number of benzene rings is 2. The van der Waals surface area contributed by atoms with Gasteiger partial charge < -0.3 is 5.32 Å². The molecule has 0 atom stereocenters. The summed E-state index contributed by atoms with van der Waals surface area (Å²) in [6.45, 7) is 2.74. The summed E-state index contributed by atoms with van der Waals surface area (Å²) in [4.78, 5) is 0.438. The van der Waals surface area contributed by atoms with Gasteiger partial charge in [-0.25, -0.2) is 8.42 Å². The second kappa shape index (κ2) is 8.09. The highest BCUT2D eigenvalue weighted by atomic mass is 35.5. The maximum Gasteiger partial charge on any atom is 0.243 e. The molecular formula is C20H25ClN2O2S. The maximum atomic E-state index is 13.1. The van der Waals surface area contributed by atoms with Crippen molar-refractivity contribution in [3.8, 4) is 0 Å². The quantitative estimate of drug-likeness (QED) is 0.854. The van der Waals surface area contributed by atoms with Crippen LogP contribution in [0.2, 0.25) is 0 Å². The van der Waals surface area contributed by atoms with Crippen LogP contribution in [0.5, 0.6) is 0 Å². The van der Waals surface area contributed by atoms with Gasteiger partial charge in [0, 0.05) is 19.6 Å². The molecule has 4 rings (SSSR count). The number of rotatable bonds is 2. The standard InChI is InChI=1S/C20H24N2O2S.ClH/c23-25(24,22-12-3-10-21-11-13-22)20-9-8-17-7-6-16-4-1-2-5-18(16)14-19(17)15-20;/h1-2,4-5,8-9,15,21H,3,6-7,10-14H2;1H. The molecule has 1 aliphatic heterocycles. The summed E-state index contributed by atoms with van der Waals surface area (Å²) < 4.78 is 27.7. The monoisotopic (exact) mass is 392 g/mol. The van der Waals surface area contributed by atoms with Crippen LogP contribution >= 0.6 is 12.4 Å². The molecule has 0 saturated carbocycles. The Hall–Kier alpha value is -1.40. The molecular weight excluding hydrogens is 368 g/mol. The van der Waals surface area contributed by atoms with Crippen molar-refractivity contribution < 1.29 is 8.42 Å². The molecule has 0 unspecified atom stereocenters. The summed E-state index contributed by atoms with van der Waals surface area (Å²) in [5.41, 5.74) is 5.11. The van der Waals surface area contributed by atoms with E-state index in [1.54, 1.807) is 10.4 Å². The average molecular weight is 393 g/mol. The summed E-state index contributed by atoms with van der Waals surface area (Å²) >= 11 is 0.